The molecule has 0 aliphatic rings. The average Bonchev–Trinajstić information content (AvgIpc) is 2.39. The summed E-state index contributed by atoms with van der Waals surface area (Å²) >= 11 is 0. The van der Waals surface area contributed by atoms with Crippen molar-refractivity contribution in [3.05, 3.63) is 64.5 Å². The van der Waals surface area contributed by atoms with Crippen LogP contribution < -0.4 is 5.32 Å². The number of hydrogen-bond acceptors (Lipinski definition) is 2. The molecule has 0 aliphatic heterocycles. The first-order valence-electron chi connectivity index (χ1n) is 6.76. The zero-order valence-corrected chi connectivity index (χ0v) is 12.2. The summed E-state index contributed by atoms with van der Waals surface area (Å²) < 4.78 is 0. The van der Waals surface area contributed by atoms with Gasteiger partial charge in [0.05, 0.1) is 11.7 Å². The van der Waals surface area contributed by atoms with Crippen molar-refractivity contribution < 1.29 is 0 Å². The molecule has 1 N–H and O–H groups in total. The molecular weight excluding hydrogens is 232 g/mol. The molecule has 0 radical (unpaired) electrons. The molecular formula is C17H22N2. The van der Waals surface area contributed by atoms with Crippen LogP contribution in [0.2, 0.25) is 0 Å². The predicted molar refractivity (Wildman–Crippen MR) is 80.4 cm³/mol. The fourth-order valence-corrected chi connectivity index (χ4v) is 2.39. The smallest absolute Gasteiger partial charge is 0.0605 e. The van der Waals surface area contributed by atoms with Crippen LogP contribution >= 0.6 is 0 Å². The Labute approximate surface area is 115 Å². The molecule has 1 aromatic heterocycles. The lowest BCUT2D eigenvalue weighted by molar-refractivity contribution is 0.572. The maximum Gasteiger partial charge on any atom is 0.0605 e. The van der Waals surface area contributed by atoms with E-state index in [2.05, 4.69) is 61.4 Å². The third-order valence-corrected chi connectivity index (χ3v) is 3.49. The maximum atomic E-state index is 4.60. The first-order chi connectivity index (χ1) is 9.10. The van der Waals surface area contributed by atoms with Crippen LogP contribution in [0.4, 0.5) is 0 Å². The third-order valence-electron chi connectivity index (χ3n) is 3.49. The van der Waals surface area contributed by atoms with Gasteiger partial charge < -0.3 is 5.32 Å². The largest absolute Gasteiger partial charge is 0.311 e. The predicted octanol–water partition coefficient (Wildman–Crippen LogP) is 3.51. The van der Waals surface area contributed by atoms with Gasteiger partial charge in [0.25, 0.3) is 0 Å². The molecule has 2 nitrogen and oxygen atoms in total. The lowest BCUT2D eigenvalue weighted by Crippen LogP contribution is -2.21. The third kappa shape index (κ3) is 3.42. The molecule has 2 aromatic rings. The minimum absolute atomic E-state index is 0.267. The molecule has 0 spiro atoms. The summed E-state index contributed by atoms with van der Waals surface area (Å²) in [5.74, 6) is 0. The normalized spacial score (nSPS) is 12.4. The topological polar surface area (TPSA) is 24.9 Å². The van der Waals surface area contributed by atoms with Crippen molar-refractivity contribution in [1.82, 2.24) is 10.3 Å². The SMILES string of the molecule is CNC(Cc1ccc(C)cc1)c1ncc(C)cc1C. The minimum atomic E-state index is 0.267. The number of likely N-dealkylation sites (N-methyl/N-ethyl adjacent to an activating group) is 1. The Balaban J connectivity index is 2.22. The van der Waals surface area contributed by atoms with Crippen LogP contribution in [0.3, 0.4) is 0 Å². The van der Waals surface area contributed by atoms with E-state index in [0.29, 0.717) is 0 Å². The Bertz CT molecular complexity index is 544. The van der Waals surface area contributed by atoms with Crippen LogP contribution in [0.1, 0.15) is 34.0 Å². The van der Waals surface area contributed by atoms with E-state index >= 15 is 0 Å². The van der Waals surface area contributed by atoms with Crippen molar-refractivity contribution in [2.45, 2.75) is 33.2 Å². The van der Waals surface area contributed by atoms with Gasteiger partial charge in [-0.05, 0) is 50.9 Å². The number of nitrogens with zero attached hydrogens (tertiary/aromatic N) is 1. The standard InChI is InChI=1S/C17H22N2/c1-12-5-7-15(8-6-12)10-16(18-4)17-14(3)9-13(2)11-19-17/h5-9,11,16,18H,10H2,1-4H3. The highest BCUT2D eigenvalue weighted by atomic mass is 14.9. The van der Waals surface area contributed by atoms with Crippen LogP contribution in [0.25, 0.3) is 0 Å². The molecule has 1 heterocycles. The molecule has 0 amide bonds. The van der Waals surface area contributed by atoms with Crippen LogP contribution in [0, 0.1) is 20.8 Å². The van der Waals surface area contributed by atoms with E-state index in [1.165, 1.54) is 22.3 Å². The van der Waals surface area contributed by atoms with Gasteiger partial charge in [0, 0.05) is 6.20 Å². The van der Waals surface area contributed by atoms with Crippen LogP contribution in [-0.2, 0) is 6.42 Å². The lowest BCUT2D eigenvalue weighted by atomic mass is 9.99. The Hall–Kier alpha value is -1.67. The summed E-state index contributed by atoms with van der Waals surface area (Å²) in [6.45, 7) is 6.33. The maximum absolute atomic E-state index is 4.60. The summed E-state index contributed by atoms with van der Waals surface area (Å²) in [4.78, 5) is 4.60. The number of nitrogens with one attached hydrogen (secondary N) is 1. The fraction of sp³-hybridized carbons (Fsp3) is 0.353. The van der Waals surface area contributed by atoms with Crippen molar-refractivity contribution in [2.24, 2.45) is 0 Å². The fourth-order valence-electron chi connectivity index (χ4n) is 2.39. The molecule has 0 saturated heterocycles. The van der Waals surface area contributed by atoms with Crippen molar-refractivity contribution in [3.8, 4) is 0 Å². The molecule has 2 rings (SSSR count). The van der Waals surface area contributed by atoms with Gasteiger partial charge in [-0.2, -0.15) is 0 Å². The number of benzene rings is 1. The number of rotatable bonds is 4. The molecule has 100 valence electrons. The second-order valence-corrected chi connectivity index (χ2v) is 5.25. The van der Waals surface area contributed by atoms with Gasteiger partial charge in [0.1, 0.15) is 0 Å². The molecule has 1 aromatic carbocycles. The zero-order chi connectivity index (χ0) is 13.8. The second kappa shape index (κ2) is 5.98. The zero-order valence-electron chi connectivity index (χ0n) is 12.2. The van der Waals surface area contributed by atoms with Gasteiger partial charge in [0.15, 0.2) is 0 Å². The highest BCUT2D eigenvalue weighted by molar-refractivity contribution is 5.28. The van der Waals surface area contributed by atoms with Crippen LogP contribution in [-0.4, -0.2) is 12.0 Å². The number of pyridine rings is 1. The first kappa shape index (κ1) is 13.8. The Morgan fingerprint density at radius 1 is 1.05 bits per heavy atom. The lowest BCUT2D eigenvalue weighted by Gasteiger charge is -2.18. The second-order valence-electron chi connectivity index (χ2n) is 5.25. The van der Waals surface area contributed by atoms with E-state index in [-0.39, 0.29) is 6.04 Å². The van der Waals surface area contributed by atoms with Crippen LogP contribution in [0.15, 0.2) is 36.5 Å². The molecule has 19 heavy (non-hydrogen) atoms. The molecule has 0 aliphatic carbocycles. The van der Waals surface area contributed by atoms with Gasteiger partial charge in [-0.15, -0.1) is 0 Å². The summed E-state index contributed by atoms with van der Waals surface area (Å²) in [6.07, 6.45) is 2.91. The van der Waals surface area contributed by atoms with E-state index in [4.69, 9.17) is 0 Å². The first-order valence-corrected chi connectivity index (χ1v) is 6.76. The van der Waals surface area contributed by atoms with Gasteiger partial charge in [0.2, 0.25) is 0 Å². The van der Waals surface area contributed by atoms with E-state index in [9.17, 15) is 0 Å². The monoisotopic (exact) mass is 254 g/mol. The Morgan fingerprint density at radius 3 is 2.32 bits per heavy atom. The quantitative estimate of drug-likeness (QED) is 0.903. The summed E-state index contributed by atoms with van der Waals surface area (Å²) in [5.41, 5.74) is 6.26. The Morgan fingerprint density at radius 2 is 1.74 bits per heavy atom. The van der Waals surface area contributed by atoms with Crippen LogP contribution in [0.5, 0.6) is 0 Å². The highest BCUT2D eigenvalue weighted by Gasteiger charge is 2.14. The molecule has 1 unspecified atom stereocenters. The average molecular weight is 254 g/mol. The molecule has 2 heteroatoms. The van der Waals surface area contributed by atoms with Gasteiger partial charge in [-0.3, -0.25) is 4.98 Å². The van der Waals surface area contributed by atoms with E-state index in [0.717, 1.165) is 12.1 Å². The minimum Gasteiger partial charge on any atom is -0.311 e. The van der Waals surface area contributed by atoms with E-state index < -0.39 is 0 Å². The molecule has 0 fully saturated rings. The summed E-state index contributed by atoms with van der Waals surface area (Å²) in [7, 11) is 2.00. The van der Waals surface area contributed by atoms with Gasteiger partial charge in [-0.25, -0.2) is 0 Å². The van der Waals surface area contributed by atoms with Crippen molar-refractivity contribution in [3.63, 3.8) is 0 Å². The molecule has 0 bridgehead atoms. The summed E-state index contributed by atoms with van der Waals surface area (Å²) in [6, 6.07) is 11.2. The number of aromatic nitrogens is 1. The molecule has 0 saturated carbocycles. The van der Waals surface area contributed by atoms with Crippen molar-refractivity contribution >= 4 is 0 Å². The van der Waals surface area contributed by atoms with E-state index in [1.807, 2.05) is 13.2 Å². The Kier molecular flexibility index (Phi) is 4.33. The van der Waals surface area contributed by atoms with Crippen molar-refractivity contribution in [2.75, 3.05) is 7.05 Å². The summed E-state index contributed by atoms with van der Waals surface area (Å²) in [5, 5.41) is 3.38. The highest BCUT2D eigenvalue weighted by Crippen LogP contribution is 2.20. The number of aryl methyl sites for hydroxylation is 3. The van der Waals surface area contributed by atoms with E-state index in [1.54, 1.807) is 0 Å². The van der Waals surface area contributed by atoms with Crippen molar-refractivity contribution in [1.29, 1.82) is 0 Å². The molecule has 1 atom stereocenters. The van der Waals surface area contributed by atoms with Gasteiger partial charge >= 0.3 is 0 Å². The number of hydrogen-bond donors (Lipinski definition) is 1. The van der Waals surface area contributed by atoms with Gasteiger partial charge in [-0.1, -0.05) is 35.9 Å².